The van der Waals surface area contributed by atoms with Gasteiger partial charge in [0.15, 0.2) is 0 Å². The van der Waals surface area contributed by atoms with Crippen LogP contribution in [0.2, 0.25) is 0 Å². The number of carboxylic acid groups (broad SMARTS) is 1. The molecule has 15 heavy (non-hydrogen) atoms. The Hall–Kier alpha value is -1.40. The average Bonchev–Trinajstić information content (AvgIpc) is 2.19. The maximum Gasteiger partial charge on any atom is 0.338 e. The lowest BCUT2D eigenvalue weighted by molar-refractivity contribution is 0.0692. The molecule has 0 aliphatic carbocycles. The zero-order valence-corrected chi connectivity index (χ0v) is 7.85. The molecule has 0 atom stereocenters. The van der Waals surface area contributed by atoms with E-state index in [1.165, 1.54) is 6.07 Å². The van der Waals surface area contributed by atoms with Gasteiger partial charge in [0.1, 0.15) is 5.82 Å². The zero-order valence-electron chi connectivity index (χ0n) is 7.85. The van der Waals surface area contributed by atoms with Crippen molar-refractivity contribution in [1.29, 1.82) is 0 Å². The third-order valence-corrected chi connectivity index (χ3v) is 2.14. The summed E-state index contributed by atoms with van der Waals surface area (Å²) in [5.74, 6) is -2.21. The lowest BCUT2D eigenvalue weighted by atomic mass is 9.46. The number of benzene rings is 1. The second-order valence-electron chi connectivity index (χ2n) is 3.11. The van der Waals surface area contributed by atoms with Gasteiger partial charge in [-0.15, -0.1) is 0 Å². The number of aliphatic hydroxyl groups is 2. The molecule has 0 saturated carbocycles. The topological polar surface area (TPSA) is 77.8 Å². The highest BCUT2D eigenvalue weighted by molar-refractivity contribution is 6.72. The van der Waals surface area contributed by atoms with Crippen LogP contribution in [0.15, 0.2) is 18.2 Å². The van der Waals surface area contributed by atoms with Crippen LogP contribution in [-0.4, -0.2) is 41.0 Å². The Kier molecular flexibility index (Phi) is 3.82. The third kappa shape index (κ3) is 2.54. The van der Waals surface area contributed by atoms with Crippen molar-refractivity contribution in [2.45, 2.75) is 0 Å². The molecule has 0 fully saturated rings. The number of halogens is 1. The Balaban J connectivity index is 3.05. The molecule has 0 aromatic heterocycles. The molecule has 80 valence electrons. The van der Waals surface area contributed by atoms with Crippen molar-refractivity contribution in [2.75, 3.05) is 13.0 Å². The van der Waals surface area contributed by atoms with Crippen molar-refractivity contribution in [3.63, 3.8) is 0 Å². The maximum atomic E-state index is 13.2. The number of aliphatic hydroxyl groups excluding tert-OH is 2. The first-order chi connectivity index (χ1) is 7.10. The molecule has 0 bridgehead atoms. The molecule has 0 unspecified atom stereocenters. The molecule has 0 amide bonds. The highest BCUT2D eigenvalue weighted by Crippen LogP contribution is 2.05. The summed E-state index contributed by atoms with van der Waals surface area (Å²) in [6.45, 7) is -1.22. The Morgan fingerprint density at radius 3 is 2.33 bits per heavy atom. The molecule has 0 spiro atoms. The normalized spacial score (nSPS) is 10.1. The molecule has 1 rings (SSSR count). The standard InChI is InChI=1S/C9H10BFO4/c11-8-3-6(10(4-12)5-13)1-2-7(8)9(14)15/h1-3,12-13H,4-5H2,(H,14,15). The van der Waals surface area contributed by atoms with Gasteiger partial charge >= 0.3 is 5.97 Å². The van der Waals surface area contributed by atoms with E-state index in [1.807, 2.05) is 0 Å². The van der Waals surface area contributed by atoms with Crippen molar-refractivity contribution >= 4 is 18.1 Å². The fourth-order valence-corrected chi connectivity index (χ4v) is 1.23. The fourth-order valence-electron chi connectivity index (χ4n) is 1.23. The lowest BCUT2D eigenvalue weighted by Crippen LogP contribution is -2.38. The van der Waals surface area contributed by atoms with Crippen LogP contribution in [0.3, 0.4) is 0 Å². The SMILES string of the molecule is O=C(O)c1ccc(B(CO)CO)cc1F. The summed E-state index contributed by atoms with van der Waals surface area (Å²) in [5.41, 5.74) is -0.0455. The number of carboxylic acids is 1. The van der Waals surface area contributed by atoms with E-state index in [4.69, 9.17) is 15.3 Å². The van der Waals surface area contributed by atoms with Crippen LogP contribution >= 0.6 is 0 Å². The van der Waals surface area contributed by atoms with Gasteiger partial charge in [-0.05, 0) is 12.1 Å². The summed E-state index contributed by atoms with van der Waals surface area (Å²) >= 11 is 0. The quantitative estimate of drug-likeness (QED) is 0.576. The predicted octanol–water partition coefficient (Wildman–Crippen LogP) is -0.711. The number of hydrogen-bond donors (Lipinski definition) is 3. The highest BCUT2D eigenvalue weighted by atomic mass is 19.1. The summed E-state index contributed by atoms with van der Waals surface area (Å²) in [6.07, 6.45) is 0. The minimum atomic E-state index is -1.34. The van der Waals surface area contributed by atoms with Crippen LogP contribution in [0.5, 0.6) is 0 Å². The van der Waals surface area contributed by atoms with Gasteiger partial charge in [0.2, 0.25) is 6.71 Å². The van der Waals surface area contributed by atoms with Crippen LogP contribution < -0.4 is 5.46 Å². The molecular formula is C9H10BFO4. The first-order valence-electron chi connectivity index (χ1n) is 4.34. The second-order valence-corrected chi connectivity index (χ2v) is 3.11. The predicted molar refractivity (Wildman–Crippen MR) is 52.9 cm³/mol. The Morgan fingerprint density at radius 1 is 1.33 bits per heavy atom. The van der Waals surface area contributed by atoms with E-state index in [9.17, 15) is 9.18 Å². The first kappa shape index (κ1) is 11.7. The Bertz CT molecular complexity index is 365. The van der Waals surface area contributed by atoms with Crippen LogP contribution in [0.1, 0.15) is 10.4 Å². The van der Waals surface area contributed by atoms with E-state index >= 15 is 0 Å². The van der Waals surface area contributed by atoms with E-state index in [0.29, 0.717) is 5.46 Å². The fraction of sp³-hybridized carbons (Fsp3) is 0.222. The van der Waals surface area contributed by atoms with Gasteiger partial charge in [-0.25, -0.2) is 9.18 Å². The number of hydrogen-bond acceptors (Lipinski definition) is 3. The van der Waals surface area contributed by atoms with Crippen LogP contribution in [0.25, 0.3) is 0 Å². The molecule has 0 saturated heterocycles. The number of rotatable bonds is 4. The molecule has 0 aliphatic rings. The van der Waals surface area contributed by atoms with E-state index in [2.05, 4.69) is 0 Å². The Labute approximate surface area is 86.1 Å². The molecule has 1 aromatic carbocycles. The number of carbonyl (C=O) groups is 1. The molecule has 0 heterocycles. The zero-order chi connectivity index (χ0) is 11.4. The van der Waals surface area contributed by atoms with Gasteiger partial charge < -0.3 is 15.3 Å². The van der Waals surface area contributed by atoms with E-state index in [1.54, 1.807) is 0 Å². The molecule has 0 aliphatic heterocycles. The molecule has 0 radical (unpaired) electrons. The summed E-state index contributed by atoms with van der Waals surface area (Å²) < 4.78 is 13.2. The smallest absolute Gasteiger partial charge is 0.338 e. The highest BCUT2D eigenvalue weighted by Gasteiger charge is 2.17. The summed E-state index contributed by atoms with van der Waals surface area (Å²) in [6, 6.07) is 3.51. The van der Waals surface area contributed by atoms with Crippen molar-refractivity contribution in [3.05, 3.63) is 29.6 Å². The average molecular weight is 212 g/mol. The van der Waals surface area contributed by atoms with Gasteiger partial charge in [-0.2, -0.15) is 0 Å². The monoisotopic (exact) mass is 212 g/mol. The molecule has 1 aromatic rings. The maximum absolute atomic E-state index is 13.2. The van der Waals surface area contributed by atoms with Gasteiger partial charge in [-0.3, -0.25) is 0 Å². The third-order valence-electron chi connectivity index (χ3n) is 2.14. The van der Waals surface area contributed by atoms with Crippen molar-refractivity contribution in [3.8, 4) is 0 Å². The van der Waals surface area contributed by atoms with Crippen LogP contribution in [0, 0.1) is 5.82 Å². The Morgan fingerprint density at radius 2 is 1.93 bits per heavy atom. The van der Waals surface area contributed by atoms with Crippen molar-refractivity contribution < 1.29 is 24.5 Å². The van der Waals surface area contributed by atoms with Gasteiger partial charge in [0.05, 0.1) is 5.56 Å². The van der Waals surface area contributed by atoms with E-state index in [-0.39, 0.29) is 13.0 Å². The second kappa shape index (κ2) is 4.90. The first-order valence-corrected chi connectivity index (χ1v) is 4.34. The van der Waals surface area contributed by atoms with E-state index < -0.39 is 24.1 Å². The molecule has 4 nitrogen and oxygen atoms in total. The molecule has 3 N–H and O–H groups in total. The van der Waals surface area contributed by atoms with Crippen molar-refractivity contribution in [2.24, 2.45) is 0 Å². The summed E-state index contributed by atoms with van der Waals surface area (Å²) in [7, 11) is 0. The van der Waals surface area contributed by atoms with Gasteiger partial charge in [0.25, 0.3) is 0 Å². The molecule has 6 heteroatoms. The van der Waals surface area contributed by atoms with Crippen LogP contribution in [-0.2, 0) is 0 Å². The van der Waals surface area contributed by atoms with E-state index in [0.717, 1.165) is 12.1 Å². The molecular weight excluding hydrogens is 202 g/mol. The van der Waals surface area contributed by atoms with Gasteiger partial charge in [0, 0.05) is 13.0 Å². The summed E-state index contributed by atoms with van der Waals surface area (Å²) in [4.78, 5) is 10.5. The van der Waals surface area contributed by atoms with Gasteiger partial charge in [-0.1, -0.05) is 11.5 Å². The van der Waals surface area contributed by atoms with Crippen LogP contribution in [0.4, 0.5) is 4.39 Å². The largest absolute Gasteiger partial charge is 0.478 e. The van der Waals surface area contributed by atoms with Crippen molar-refractivity contribution in [1.82, 2.24) is 0 Å². The number of aromatic carboxylic acids is 1. The summed E-state index contributed by atoms with van der Waals surface area (Å²) in [5, 5.41) is 26.3. The minimum Gasteiger partial charge on any atom is -0.478 e. The minimum absolute atomic E-state index is 0.317. The lowest BCUT2D eigenvalue weighted by Gasteiger charge is -2.08.